The molecule has 0 saturated heterocycles. The summed E-state index contributed by atoms with van der Waals surface area (Å²) in [4.78, 5) is 13.3. The van der Waals surface area contributed by atoms with E-state index in [2.05, 4.69) is 33.4 Å². The Kier molecular flexibility index (Phi) is 5.73. The molecule has 3 nitrogen and oxygen atoms in total. The molecule has 0 aliphatic carbocycles. The number of aromatic nitrogens is 1. The first kappa shape index (κ1) is 15.2. The van der Waals surface area contributed by atoms with Gasteiger partial charge in [0.15, 0.2) is 0 Å². The highest BCUT2D eigenvalue weighted by molar-refractivity contribution is 9.10. The lowest BCUT2D eigenvalue weighted by molar-refractivity contribution is 0.0947. The van der Waals surface area contributed by atoms with Gasteiger partial charge in [0.05, 0.1) is 0 Å². The molecule has 0 fully saturated rings. The quantitative estimate of drug-likeness (QED) is 0.633. The number of thioether (sulfide) groups is 1. The van der Waals surface area contributed by atoms with Gasteiger partial charge in [-0.25, -0.2) is 0 Å². The third kappa shape index (κ3) is 4.15. The maximum Gasteiger partial charge on any atom is 0.267 e. The van der Waals surface area contributed by atoms with E-state index in [1.807, 2.05) is 42.0 Å². The van der Waals surface area contributed by atoms with Crippen LogP contribution in [0.1, 0.15) is 17.4 Å². The number of nitrogens with one attached hydrogen (secondary N) is 1. The summed E-state index contributed by atoms with van der Waals surface area (Å²) in [6.45, 7) is 3.46. The molecule has 5 heteroatoms. The number of halogens is 1. The number of carbonyl (C=O) groups is 1. The minimum atomic E-state index is -0.0220. The van der Waals surface area contributed by atoms with Gasteiger partial charge >= 0.3 is 0 Å². The van der Waals surface area contributed by atoms with Crippen LogP contribution in [0.2, 0.25) is 0 Å². The van der Waals surface area contributed by atoms with E-state index in [4.69, 9.17) is 0 Å². The largest absolute Gasteiger partial charge is 0.350 e. The van der Waals surface area contributed by atoms with Crippen molar-refractivity contribution in [2.75, 3.05) is 12.3 Å². The molecule has 0 aliphatic heterocycles. The molecule has 20 heavy (non-hydrogen) atoms. The van der Waals surface area contributed by atoms with Crippen molar-refractivity contribution in [3.63, 3.8) is 0 Å². The van der Waals surface area contributed by atoms with Crippen LogP contribution in [0, 0.1) is 0 Å². The maximum absolute atomic E-state index is 12.1. The zero-order valence-corrected chi connectivity index (χ0v) is 13.7. The van der Waals surface area contributed by atoms with E-state index in [-0.39, 0.29) is 5.91 Å². The normalized spacial score (nSPS) is 10.5. The van der Waals surface area contributed by atoms with E-state index in [0.29, 0.717) is 12.2 Å². The van der Waals surface area contributed by atoms with Crippen molar-refractivity contribution >= 4 is 33.6 Å². The Balaban J connectivity index is 1.80. The molecule has 0 aliphatic rings. The molecular weight excluding hydrogens is 336 g/mol. The lowest BCUT2D eigenvalue weighted by Gasteiger charge is -2.07. The molecule has 1 amide bonds. The average molecular weight is 353 g/mol. The highest BCUT2D eigenvalue weighted by atomic mass is 79.9. The van der Waals surface area contributed by atoms with Gasteiger partial charge < -0.3 is 9.88 Å². The van der Waals surface area contributed by atoms with Crippen LogP contribution < -0.4 is 5.32 Å². The van der Waals surface area contributed by atoms with Gasteiger partial charge in [-0.05, 0) is 41.1 Å². The molecule has 2 rings (SSSR count). The van der Waals surface area contributed by atoms with Crippen molar-refractivity contribution in [1.82, 2.24) is 9.88 Å². The fraction of sp³-hybridized carbons (Fsp3) is 0.267. The maximum atomic E-state index is 12.1. The highest BCUT2D eigenvalue weighted by Crippen LogP contribution is 2.17. The summed E-state index contributed by atoms with van der Waals surface area (Å²) in [5.41, 5.74) is 0.698. The smallest absolute Gasteiger partial charge is 0.267 e. The number of aryl methyl sites for hydroxylation is 1. The van der Waals surface area contributed by atoms with Crippen molar-refractivity contribution in [3.8, 4) is 0 Å². The van der Waals surface area contributed by atoms with E-state index in [0.717, 1.165) is 16.8 Å². The van der Waals surface area contributed by atoms with Crippen LogP contribution in [0.4, 0.5) is 0 Å². The Morgan fingerprint density at radius 1 is 1.35 bits per heavy atom. The molecule has 0 saturated carbocycles. The third-order valence-corrected chi connectivity index (χ3v) is 4.28. The van der Waals surface area contributed by atoms with Gasteiger partial charge in [-0.3, -0.25) is 4.79 Å². The van der Waals surface area contributed by atoms with E-state index in [9.17, 15) is 4.79 Å². The molecule has 1 aromatic carbocycles. The van der Waals surface area contributed by atoms with Crippen LogP contribution in [0.3, 0.4) is 0 Å². The Hall–Kier alpha value is -1.20. The topological polar surface area (TPSA) is 34.0 Å². The molecule has 0 spiro atoms. The predicted molar refractivity (Wildman–Crippen MR) is 87.3 cm³/mol. The van der Waals surface area contributed by atoms with Crippen molar-refractivity contribution in [2.45, 2.75) is 18.4 Å². The summed E-state index contributed by atoms with van der Waals surface area (Å²) in [5.74, 6) is 0.843. The Morgan fingerprint density at radius 3 is 2.80 bits per heavy atom. The second-order valence-corrected chi connectivity index (χ2v) is 6.33. The second kappa shape index (κ2) is 7.55. The van der Waals surface area contributed by atoms with Gasteiger partial charge in [0.2, 0.25) is 0 Å². The Morgan fingerprint density at radius 2 is 2.10 bits per heavy atom. The minimum absolute atomic E-state index is 0.0220. The number of carbonyl (C=O) groups excluding carboxylic acids is 1. The third-order valence-electron chi connectivity index (χ3n) is 2.84. The number of hydrogen-bond acceptors (Lipinski definition) is 2. The van der Waals surface area contributed by atoms with E-state index in [1.165, 1.54) is 4.90 Å². The van der Waals surface area contributed by atoms with Crippen LogP contribution in [-0.2, 0) is 6.54 Å². The lowest BCUT2D eigenvalue weighted by atomic mass is 10.4. The Bertz CT molecular complexity index is 569. The average Bonchev–Trinajstić information content (AvgIpc) is 2.86. The number of benzene rings is 1. The minimum Gasteiger partial charge on any atom is -0.350 e. The SMILES string of the molecule is CCn1cc(Br)cc1C(=O)NCCSc1ccccc1. The molecule has 1 heterocycles. The standard InChI is InChI=1S/C15H17BrN2OS/c1-2-18-11-12(16)10-14(18)15(19)17-8-9-20-13-6-4-3-5-7-13/h3-7,10-11H,2,8-9H2,1H3,(H,17,19). The lowest BCUT2D eigenvalue weighted by Crippen LogP contribution is -2.27. The van der Waals surface area contributed by atoms with Crippen molar-refractivity contribution < 1.29 is 4.79 Å². The fourth-order valence-corrected chi connectivity index (χ4v) is 3.12. The molecule has 0 unspecified atom stereocenters. The molecule has 106 valence electrons. The molecule has 1 aromatic heterocycles. The molecule has 1 N–H and O–H groups in total. The summed E-state index contributed by atoms with van der Waals surface area (Å²) < 4.78 is 2.87. The fourth-order valence-electron chi connectivity index (χ4n) is 1.87. The highest BCUT2D eigenvalue weighted by Gasteiger charge is 2.11. The molecular formula is C15H17BrN2OS. The van der Waals surface area contributed by atoms with Crippen molar-refractivity contribution in [3.05, 3.63) is 52.8 Å². The molecule has 2 aromatic rings. The van der Waals surface area contributed by atoms with Gasteiger partial charge in [0, 0.05) is 34.4 Å². The molecule has 0 atom stereocenters. The monoisotopic (exact) mass is 352 g/mol. The zero-order valence-electron chi connectivity index (χ0n) is 11.3. The summed E-state index contributed by atoms with van der Waals surface area (Å²) in [7, 11) is 0. The summed E-state index contributed by atoms with van der Waals surface area (Å²) >= 11 is 5.14. The first-order valence-electron chi connectivity index (χ1n) is 6.52. The summed E-state index contributed by atoms with van der Waals surface area (Å²) in [6.07, 6.45) is 1.92. The molecule has 0 bridgehead atoms. The molecule has 0 radical (unpaired) electrons. The van der Waals surface area contributed by atoms with Crippen LogP contribution in [0.25, 0.3) is 0 Å². The number of hydrogen-bond donors (Lipinski definition) is 1. The number of rotatable bonds is 6. The van der Waals surface area contributed by atoms with Gasteiger partial charge in [-0.15, -0.1) is 11.8 Å². The van der Waals surface area contributed by atoms with Gasteiger partial charge in [0.25, 0.3) is 5.91 Å². The first-order chi connectivity index (χ1) is 9.70. The second-order valence-electron chi connectivity index (χ2n) is 4.25. The van der Waals surface area contributed by atoms with Crippen LogP contribution in [0.15, 0.2) is 52.0 Å². The van der Waals surface area contributed by atoms with Crippen molar-refractivity contribution in [1.29, 1.82) is 0 Å². The first-order valence-corrected chi connectivity index (χ1v) is 8.30. The van der Waals surface area contributed by atoms with Gasteiger partial charge in [-0.1, -0.05) is 18.2 Å². The predicted octanol–water partition coefficient (Wildman–Crippen LogP) is 3.79. The summed E-state index contributed by atoms with van der Waals surface area (Å²) in [5, 5.41) is 2.96. The van der Waals surface area contributed by atoms with Crippen molar-refractivity contribution in [2.24, 2.45) is 0 Å². The van der Waals surface area contributed by atoms with Crippen LogP contribution in [-0.4, -0.2) is 22.8 Å². The van der Waals surface area contributed by atoms with Gasteiger partial charge in [-0.2, -0.15) is 0 Å². The van der Waals surface area contributed by atoms with E-state index >= 15 is 0 Å². The van der Waals surface area contributed by atoms with E-state index < -0.39 is 0 Å². The van der Waals surface area contributed by atoms with E-state index in [1.54, 1.807) is 11.8 Å². The van der Waals surface area contributed by atoms with Crippen LogP contribution in [0.5, 0.6) is 0 Å². The number of amides is 1. The Labute approximate surface area is 131 Å². The van der Waals surface area contributed by atoms with Crippen LogP contribution >= 0.6 is 27.7 Å². The van der Waals surface area contributed by atoms with Gasteiger partial charge in [0.1, 0.15) is 5.69 Å². The summed E-state index contributed by atoms with van der Waals surface area (Å²) in [6, 6.07) is 12.0. The zero-order chi connectivity index (χ0) is 14.4. The number of nitrogens with zero attached hydrogens (tertiary/aromatic N) is 1.